The SMILES string of the molecule is O=S(=O)(Cl)Cc1cc(-c2cccc(F)c2)on1. The van der Waals surface area contributed by atoms with Crippen LogP contribution in [0.4, 0.5) is 4.39 Å². The van der Waals surface area contributed by atoms with E-state index in [1.165, 1.54) is 24.3 Å². The Kier molecular flexibility index (Phi) is 3.17. The highest BCUT2D eigenvalue weighted by Crippen LogP contribution is 2.22. The number of hydrogen-bond donors (Lipinski definition) is 0. The van der Waals surface area contributed by atoms with Crippen LogP contribution in [0.5, 0.6) is 0 Å². The van der Waals surface area contributed by atoms with Crippen molar-refractivity contribution >= 4 is 19.7 Å². The third-order valence-corrected chi connectivity index (χ3v) is 2.96. The lowest BCUT2D eigenvalue weighted by Gasteiger charge is -1.93. The lowest BCUT2D eigenvalue weighted by atomic mass is 10.1. The fraction of sp³-hybridized carbons (Fsp3) is 0.100. The Morgan fingerprint density at radius 2 is 2.12 bits per heavy atom. The molecule has 0 atom stereocenters. The number of benzene rings is 1. The molecule has 0 aliphatic carbocycles. The summed E-state index contributed by atoms with van der Waals surface area (Å²) in [4.78, 5) is 0. The summed E-state index contributed by atoms with van der Waals surface area (Å²) in [6.07, 6.45) is 0. The minimum absolute atomic E-state index is 0.180. The molecule has 0 spiro atoms. The second-order valence-electron chi connectivity index (χ2n) is 3.38. The van der Waals surface area contributed by atoms with Crippen LogP contribution in [0.15, 0.2) is 34.9 Å². The Morgan fingerprint density at radius 3 is 2.76 bits per heavy atom. The van der Waals surface area contributed by atoms with Crippen LogP contribution in [-0.2, 0) is 14.8 Å². The highest BCUT2D eigenvalue weighted by atomic mass is 35.7. The standard InChI is InChI=1S/C10H7ClFNO3S/c11-17(14,15)6-9-5-10(16-13-9)7-2-1-3-8(12)4-7/h1-5H,6H2. The molecule has 2 rings (SSSR count). The van der Waals surface area contributed by atoms with Crippen LogP contribution in [0, 0.1) is 5.82 Å². The third kappa shape index (κ3) is 3.28. The van der Waals surface area contributed by atoms with E-state index >= 15 is 0 Å². The molecule has 4 nitrogen and oxygen atoms in total. The first-order valence-corrected chi connectivity index (χ1v) is 7.06. The maximum atomic E-state index is 13.0. The van der Waals surface area contributed by atoms with Crippen LogP contribution < -0.4 is 0 Å². The summed E-state index contributed by atoms with van der Waals surface area (Å²) < 4.78 is 39.5. The molecule has 0 aliphatic heterocycles. The van der Waals surface area contributed by atoms with Gasteiger partial charge >= 0.3 is 0 Å². The van der Waals surface area contributed by atoms with Gasteiger partial charge in [0.05, 0.1) is 0 Å². The van der Waals surface area contributed by atoms with Crippen LogP contribution >= 0.6 is 10.7 Å². The van der Waals surface area contributed by atoms with E-state index in [0.717, 1.165) is 0 Å². The molecule has 0 bridgehead atoms. The average Bonchev–Trinajstić information content (AvgIpc) is 2.63. The molecule has 90 valence electrons. The quantitative estimate of drug-likeness (QED) is 0.808. The zero-order valence-corrected chi connectivity index (χ0v) is 10.0. The van der Waals surface area contributed by atoms with E-state index in [2.05, 4.69) is 5.16 Å². The summed E-state index contributed by atoms with van der Waals surface area (Å²) in [6, 6.07) is 7.12. The predicted molar refractivity (Wildman–Crippen MR) is 60.4 cm³/mol. The number of nitrogens with zero attached hydrogens (tertiary/aromatic N) is 1. The van der Waals surface area contributed by atoms with Crippen molar-refractivity contribution in [3.05, 3.63) is 41.8 Å². The zero-order valence-electron chi connectivity index (χ0n) is 8.43. The Morgan fingerprint density at radius 1 is 1.35 bits per heavy atom. The first-order valence-electron chi connectivity index (χ1n) is 4.58. The average molecular weight is 276 g/mol. The monoisotopic (exact) mass is 275 g/mol. The second kappa shape index (κ2) is 4.46. The van der Waals surface area contributed by atoms with Crippen molar-refractivity contribution < 1.29 is 17.3 Å². The predicted octanol–water partition coefficient (Wildman–Crippen LogP) is 2.55. The van der Waals surface area contributed by atoms with Crippen LogP contribution in [0.25, 0.3) is 11.3 Å². The van der Waals surface area contributed by atoms with Crippen molar-refractivity contribution in [1.82, 2.24) is 5.16 Å². The molecular weight excluding hydrogens is 269 g/mol. The maximum absolute atomic E-state index is 13.0. The van der Waals surface area contributed by atoms with Gasteiger partial charge in [-0.05, 0) is 12.1 Å². The van der Waals surface area contributed by atoms with Gasteiger partial charge in [-0.1, -0.05) is 17.3 Å². The summed E-state index contributed by atoms with van der Waals surface area (Å²) in [5.74, 6) is -0.543. The van der Waals surface area contributed by atoms with Gasteiger partial charge in [0.25, 0.3) is 0 Å². The molecule has 2 aromatic rings. The third-order valence-electron chi connectivity index (χ3n) is 1.99. The Balaban J connectivity index is 2.30. The minimum atomic E-state index is -3.68. The summed E-state index contributed by atoms with van der Waals surface area (Å²) in [6.45, 7) is 0. The van der Waals surface area contributed by atoms with E-state index in [1.54, 1.807) is 6.07 Å². The van der Waals surface area contributed by atoms with Gasteiger partial charge in [-0.25, -0.2) is 12.8 Å². The first kappa shape index (κ1) is 12.1. The lowest BCUT2D eigenvalue weighted by Crippen LogP contribution is -1.94. The Hall–Kier alpha value is -1.40. The molecule has 7 heteroatoms. The number of aromatic nitrogens is 1. The van der Waals surface area contributed by atoms with Gasteiger partial charge in [0.2, 0.25) is 9.05 Å². The van der Waals surface area contributed by atoms with Gasteiger partial charge in [0.15, 0.2) is 5.76 Å². The molecule has 1 aromatic heterocycles. The largest absolute Gasteiger partial charge is 0.356 e. The van der Waals surface area contributed by atoms with Crippen molar-refractivity contribution in [2.75, 3.05) is 0 Å². The van der Waals surface area contributed by atoms with E-state index in [4.69, 9.17) is 15.2 Å². The van der Waals surface area contributed by atoms with Gasteiger partial charge in [0, 0.05) is 22.3 Å². The van der Waals surface area contributed by atoms with Gasteiger partial charge in [-0.2, -0.15) is 0 Å². The van der Waals surface area contributed by atoms with E-state index in [1.807, 2.05) is 0 Å². The number of rotatable bonds is 3. The van der Waals surface area contributed by atoms with Gasteiger partial charge in [-0.3, -0.25) is 0 Å². The second-order valence-corrected chi connectivity index (χ2v) is 6.15. The van der Waals surface area contributed by atoms with Crippen molar-refractivity contribution in [1.29, 1.82) is 0 Å². The molecule has 17 heavy (non-hydrogen) atoms. The highest BCUT2D eigenvalue weighted by Gasteiger charge is 2.13. The molecule has 0 amide bonds. The highest BCUT2D eigenvalue weighted by molar-refractivity contribution is 8.13. The van der Waals surface area contributed by atoms with Crippen LogP contribution in [0.3, 0.4) is 0 Å². The van der Waals surface area contributed by atoms with Gasteiger partial charge in [-0.15, -0.1) is 0 Å². The van der Waals surface area contributed by atoms with Gasteiger partial charge < -0.3 is 4.52 Å². The van der Waals surface area contributed by atoms with Crippen LogP contribution in [0.1, 0.15) is 5.69 Å². The molecule has 0 radical (unpaired) electrons. The van der Waals surface area contributed by atoms with Crippen LogP contribution in [-0.4, -0.2) is 13.6 Å². The topological polar surface area (TPSA) is 60.2 Å². The molecule has 0 unspecified atom stereocenters. The van der Waals surface area contributed by atoms with E-state index < -0.39 is 20.6 Å². The minimum Gasteiger partial charge on any atom is -0.356 e. The fourth-order valence-electron chi connectivity index (χ4n) is 1.33. The first-order chi connectivity index (χ1) is 7.94. The Bertz CT molecular complexity index is 639. The Labute approximate surface area is 101 Å². The summed E-state index contributed by atoms with van der Waals surface area (Å²) in [7, 11) is 1.40. The van der Waals surface area contributed by atoms with Crippen LogP contribution in [0.2, 0.25) is 0 Å². The number of halogens is 2. The van der Waals surface area contributed by atoms with Gasteiger partial charge in [0.1, 0.15) is 17.3 Å². The van der Waals surface area contributed by atoms with Crippen molar-refractivity contribution in [3.8, 4) is 11.3 Å². The molecule has 0 saturated heterocycles. The lowest BCUT2D eigenvalue weighted by molar-refractivity contribution is 0.425. The summed E-state index contributed by atoms with van der Waals surface area (Å²) in [5, 5.41) is 3.55. The van der Waals surface area contributed by atoms with Crippen molar-refractivity contribution in [3.63, 3.8) is 0 Å². The van der Waals surface area contributed by atoms with Crippen molar-refractivity contribution in [2.24, 2.45) is 0 Å². The molecule has 0 saturated carbocycles. The normalized spacial score (nSPS) is 11.6. The fourth-order valence-corrected chi connectivity index (χ4v) is 2.16. The molecule has 0 aliphatic rings. The zero-order chi connectivity index (χ0) is 12.5. The van der Waals surface area contributed by atoms with E-state index in [9.17, 15) is 12.8 Å². The molecule has 1 heterocycles. The molecule has 0 fully saturated rings. The molecule has 0 N–H and O–H groups in total. The van der Waals surface area contributed by atoms with E-state index in [-0.39, 0.29) is 5.69 Å². The van der Waals surface area contributed by atoms with Crippen molar-refractivity contribution in [2.45, 2.75) is 5.75 Å². The molecule has 1 aromatic carbocycles. The van der Waals surface area contributed by atoms with E-state index in [0.29, 0.717) is 11.3 Å². The molecular formula is C10H7ClFNO3S. The smallest absolute Gasteiger partial charge is 0.238 e. The summed E-state index contributed by atoms with van der Waals surface area (Å²) in [5.41, 5.74) is 0.662. The number of hydrogen-bond acceptors (Lipinski definition) is 4. The maximum Gasteiger partial charge on any atom is 0.238 e. The summed E-state index contributed by atoms with van der Waals surface area (Å²) >= 11 is 0.